The van der Waals surface area contributed by atoms with E-state index in [1.54, 1.807) is 12.1 Å². The molecule has 2 aromatic carbocycles. The molecule has 0 spiro atoms. The predicted octanol–water partition coefficient (Wildman–Crippen LogP) is 4.97. The Morgan fingerprint density at radius 2 is 1.67 bits per heavy atom. The van der Waals surface area contributed by atoms with Crippen molar-refractivity contribution in [2.45, 2.75) is 25.6 Å². The zero-order chi connectivity index (χ0) is 13.1. The Labute approximate surface area is 112 Å². The molecule has 0 N–H and O–H groups in total. The van der Waals surface area contributed by atoms with Crippen molar-refractivity contribution in [3.63, 3.8) is 0 Å². The van der Waals surface area contributed by atoms with E-state index < -0.39 is 0 Å². The van der Waals surface area contributed by atoms with Crippen molar-refractivity contribution >= 4 is 11.6 Å². The molecule has 0 aromatic heterocycles. The van der Waals surface area contributed by atoms with Crippen LogP contribution in [-0.4, -0.2) is 0 Å². The summed E-state index contributed by atoms with van der Waals surface area (Å²) in [6.45, 7) is 4.09. The number of hydrogen-bond acceptors (Lipinski definition) is 0. The summed E-state index contributed by atoms with van der Waals surface area (Å²) in [5.74, 6) is -0.187. The van der Waals surface area contributed by atoms with Gasteiger partial charge in [0.1, 0.15) is 5.82 Å². The molecule has 1 atom stereocenters. The van der Waals surface area contributed by atoms with Gasteiger partial charge in [0.15, 0.2) is 0 Å². The van der Waals surface area contributed by atoms with Crippen molar-refractivity contribution < 1.29 is 4.39 Å². The number of benzene rings is 2. The minimum Gasteiger partial charge on any atom is -0.207 e. The summed E-state index contributed by atoms with van der Waals surface area (Å²) in [6, 6.07) is 13.0. The van der Waals surface area contributed by atoms with Crippen LogP contribution in [0.1, 0.15) is 27.6 Å². The van der Waals surface area contributed by atoms with Gasteiger partial charge in [0.2, 0.25) is 0 Å². The summed E-state index contributed by atoms with van der Waals surface area (Å²) in [6.07, 6.45) is 0.511. The lowest BCUT2D eigenvalue weighted by atomic mass is 10.00. The smallest absolute Gasteiger partial charge is 0.126 e. The molecule has 0 aliphatic carbocycles. The van der Waals surface area contributed by atoms with Gasteiger partial charge < -0.3 is 0 Å². The summed E-state index contributed by atoms with van der Waals surface area (Å²) in [5, 5.41) is -0.194. The maximum absolute atomic E-state index is 13.6. The molecule has 0 heterocycles. The molecular weight excluding hydrogens is 247 g/mol. The van der Waals surface area contributed by atoms with Crippen molar-refractivity contribution in [1.29, 1.82) is 0 Å². The van der Waals surface area contributed by atoms with E-state index in [1.165, 1.54) is 17.2 Å². The van der Waals surface area contributed by atoms with Crippen molar-refractivity contribution in [3.05, 3.63) is 70.5 Å². The summed E-state index contributed by atoms with van der Waals surface area (Å²) < 4.78 is 13.6. The zero-order valence-electron chi connectivity index (χ0n) is 10.6. The molecular formula is C16H16ClF. The summed E-state index contributed by atoms with van der Waals surface area (Å²) in [5.41, 5.74) is 4.09. The third-order valence-electron chi connectivity index (χ3n) is 2.96. The first-order valence-corrected chi connectivity index (χ1v) is 6.45. The second-order valence-electron chi connectivity index (χ2n) is 4.68. The summed E-state index contributed by atoms with van der Waals surface area (Å²) >= 11 is 6.39. The number of alkyl halides is 1. The number of hydrogen-bond donors (Lipinski definition) is 0. The third kappa shape index (κ3) is 3.11. The van der Waals surface area contributed by atoms with E-state index in [1.807, 2.05) is 19.9 Å². The van der Waals surface area contributed by atoms with E-state index >= 15 is 0 Å². The molecule has 0 aliphatic heterocycles. The van der Waals surface area contributed by atoms with E-state index in [2.05, 4.69) is 18.2 Å². The average molecular weight is 263 g/mol. The van der Waals surface area contributed by atoms with Gasteiger partial charge in [-0.15, -0.1) is 11.6 Å². The monoisotopic (exact) mass is 262 g/mol. The van der Waals surface area contributed by atoms with Crippen LogP contribution in [0.3, 0.4) is 0 Å². The lowest BCUT2D eigenvalue weighted by molar-refractivity contribution is 0.607. The number of rotatable bonds is 3. The van der Waals surface area contributed by atoms with E-state index in [-0.39, 0.29) is 11.2 Å². The minimum atomic E-state index is -0.194. The van der Waals surface area contributed by atoms with Crippen LogP contribution in [0.2, 0.25) is 0 Å². The average Bonchev–Trinajstić information content (AvgIpc) is 2.31. The highest BCUT2D eigenvalue weighted by Gasteiger charge is 2.12. The van der Waals surface area contributed by atoms with Gasteiger partial charge in [0.05, 0.1) is 5.38 Å². The van der Waals surface area contributed by atoms with Gasteiger partial charge in [-0.25, -0.2) is 4.39 Å². The Hall–Kier alpha value is -1.34. The van der Waals surface area contributed by atoms with E-state index in [4.69, 9.17) is 11.6 Å². The molecule has 2 aromatic rings. The normalized spacial score (nSPS) is 12.4. The van der Waals surface area contributed by atoms with Crippen LogP contribution < -0.4 is 0 Å². The van der Waals surface area contributed by atoms with Crippen LogP contribution in [0.25, 0.3) is 0 Å². The molecule has 0 saturated heterocycles. The molecule has 18 heavy (non-hydrogen) atoms. The molecule has 0 nitrogen and oxygen atoms in total. The Kier molecular flexibility index (Phi) is 4.03. The van der Waals surface area contributed by atoms with Gasteiger partial charge in [0, 0.05) is 0 Å². The first-order valence-electron chi connectivity index (χ1n) is 6.02. The molecule has 0 aliphatic rings. The highest BCUT2D eigenvalue weighted by Crippen LogP contribution is 2.27. The van der Waals surface area contributed by atoms with Crippen molar-refractivity contribution in [2.75, 3.05) is 0 Å². The highest BCUT2D eigenvalue weighted by molar-refractivity contribution is 6.20. The van der Waals surface area contributed by atoms with E-state index in [0.29, 0.717) is 12.0 Å². The van der Waals surface area contributed by atoms with Gasteiger partial charge in [-0.2, -0.15) is 0 Å². The van der Waals surface area contributed by atoms with Crippen molar-refractivity contribution in [3.8, 4) is 0 Å². The van der Waals surface area contributed by atoms with Crippen LogP contribution in [0.5, 0.6) is 0 Å². The molecule has 0 fully saturated rings. The second-order valence-corrected chi connectivity index (χ2v) is 5.21. The fourth-order valence-electron chi connectivity index (χ4n) is 2.17. The SMILES string of the molecule is Cc1cc(C)cc(C(Cl)Cc2ccccc2F)c1. The molecule has 0 bridgehead atoms. The van der Waals surface area contributed by atoms with Crippen LogP contribution in [0.4, 0.5) is 4.39 Å². The molecule has 2 heteroatoms. The third-order valence-corrected chi connectivity index (χ3v) is 3.37. The largest absolute Gasteiger partial charge is 0.207 e. The molecule has 0 saturated carbocycles. The maximum Gasteiger partial charge on any atom is 0.126 e. The summed E-state index contributed by atoms with van der Waals surface area (Å²) in [7, 11) is 0. The molecule has 0 radical (unpaired) electrons. The second kappa shape index (κ2) is 5.53. The Bertz CT molecular complexity index is 528. The molecule has 0 amide bonds. The van der Waals surface area contributed by atoms with Gasteiger partial charge in [0.25, 0.3) is 0 Å². The molecule has 2 rings (SSSR count). The first kappa shape index (κ1) is 13.1. The van der Waals surface area contributed by atoms with Crippen molar-refractivity contribution in [2.24, 2.45) is 0 Å². The first-order chi connectivity index (χ1) is 8.56. The minimum absolute atomic E-state index is 0.187. The van der Waals surface area contributed by atoms with Gasteiger partial charge in [-0.1, -0.05) is 47.5 Å². The van der Waals surface area contributed by atoms with Gasteiger partial charge in [-0.05, 0) is 37.5 Å². The van der Waals surface area contributed by atoms with Crippen LogP contribution >= 0.6 is 11.6 Å². The van der Waals surface area contributed by atoms with Gasteiger partial charge >= 0.3 is 0 Å². The fourth-order valence-corrected chi connectivity index (χ4v) is 2.46. The molecule has 1 unspecified atom stereocenters. The number of aryl methyl sites for hydroxylation is 2. The topological polar surface area (TPSA) is 0 Å². The van der Waals surface area contributed by atoms with Crippen LogP contribution in [0.15, 0.2) is 42.5 Å². The zero-order valence-corrected chi connectivity index (χ0v) is 11.3. The standard InChI is InChI=1S/C16H16ClF/c1-11-7-12(2)9-14(8-11)15(17)10-13-5-3-4-6-16(13)18/h3-9,15H,10H2,1-2H3. The number of halogens is 2. The van der Waals surface area contributed by atoms with Crippen molar-refractivity contribution in [1.82, 2.24) is 0 Å². The van der Waals surface area contributed by atoms with E-state index in [9.17, 15) is 4.39 Å². The lowest BCUT2D eigenvalue weighted by Gasteiger charge is -2.12. The van der Waals surface area contributed by atoms with Gasteiger partial charge in [-0.3, -0.25) is 0 Å². The quantitative estimate of drug-likeness (QED) is 0.686. The highest BCUT2D eigenvalue weighted by atomic mass is 35.5. The van der Waals surface area contributed by atoms with Crippen LogP contribution in [0, 0.1) is 19.7 Å². The van der Waals surface area contributed by atoms with Crippen LogP contribution in [-0.2, 0) is 6.42 Å². The maximum atomic E-state index is 13.6. The Balaban J connectivity index is 2.22. The molecule has 94 valence electrons. The Morgan fingerprint density at radius 1 is 1.06 bits per heavy atom. The lowest BCUT2D eigenvalue weighted by Crippen LogP contribution is -1.99. The summed E-state index contributed by atoms with van der Waals surface area (Å²) in [4.78, 5) is 0. The predicted molar refractivity (Wildman–Crippen MR) is 74.6 cm³/mol. The Morgan fingerprint density at radius 3 is 2.28 bits per heavy atom. The fraction of sp³-hybridized carbons (Fsp3) is 0.250. The van der Waals surface area contributed by atoms with E-state index in [0.717, 1.165) is 5.56 Å².